The van der Waals surface area contributed by atoms with Gasteiger partial charge in [-0.25, -0.2) is 8.42 Å². The summed E-state index contributed by atoms with van der Waals surface area (Å²) in [5, 5.41) is 8.97. The summed E-state index contributed by atoms with van der Waals surface area (Å²) < 4.78 is 68.5. The Bertz CT molecular complexity index is 1050. The van der Waals surface area contributed by atoms with Gasteiger partial charge in [0.05, 0.1) is 11.3 Å². The van der Waals surface area contributed by atoms with E-state index in [1.54, 1.807) is 6.07 Å². The average molecular weight is 523 g/mol. The van der Waals surface area contributed by atoms with Crippen LogP contribution in [0.1, 0.15) is 5.56 Å². The maximum Gasteiger partial charge on any atom is 0.573 e. The van der Waals surface area contributed by atoms with Gasteiger partial charge < -0.3 is 14.7 Å². The largest absolute Gasteiger partial charge is 0.573 e. The van der Waals surface area contributed by atoms with Gasteiger partial charge in [-0.1, -0.05) is 15.9 Å². The molecule has 1 N–H and O–H groups in total. The highest BCUT2D eigenvalue weighted by molar-refractivity contribution is 9.10. The molecule has 1 aliphatic heterocycles. The number of carboxylic acids is 1. The van der Waals surface area contributed by atoms with Gasteiger partial charge in [0, 0.05) is 36.3 Å². The molecule has 0 bridgehead atoms. The van der Waals surface area contributed by atoms with Crippen molar-refractivity contribution in [3.63, 3.8) is 0 Å². The van der Waals surface area contributed by atoms with E-state index >= 15 is 0 Å². The van der Waals surface area contributed by atoms with Crippen LogP contribution in [0.2, 0.25) is 0 Å². The first kappa shape index (κ1) is 23.4. The zero-order valence-corrected chi connectivity index (χ0v) is 18.4. The SMILES string of the molecule is O=C(O)Cc1cc(Br)cc(S(=O)(=O)N2CCN(c3ccc(OC(F)(F)F)cc3)CC2)c1. The van der Waals surface area contributed by atoms with E-state index in [1.165, 1.54) is 40.7 Å². The number of hydrogen-bond acceptors (Lipinski definition) is 5. The molecule has 0 radical (unpaired) electrons. The quantitative estimate of drug-likeness (QED) is 0.624. The summed E-state index contributed by atoms with van der Waals surface area (Å²) in [5.41, 5.74) is 1.01. The molecule has 2 aromatic carbocycles. The van der Waals surface area contributed by atoms with Gasteiger partial charge in [-0.3, -0.25) is 4.79 Å². The molecule has 7 nitrogen and oxygen atoms in total. The van der Waals surface area contributed by atoms with E-state index in [9.17, 15) is 26.4 Å². The van der Waals surface area contributed by atoms with Crippen LogP contribution in [0.3, 0.4) is 0 Å². The van der Waals surface area contributed by atoms with Gasteiger partial charge in [0.2, 0.25) is 10.0 Å². The lowest BCUT2D eigenvalue weighted by molar-refractivity contribution is -0.274. The molecule has 31 heavy (non-hydrogen) atoms. The molecule has 1 fully saturated rings. The van der Waals surface area contributed by atoms with E-state index in [2.05, 4.69) is 20.7 Å². The van der Waals surface area contributed by atoms with Crippen molar-refractivity contribution < 1.29 is 36.2 Å². The average Bonchev–Trinajstić information content (AvgIpc) is 2.66. The van der Waals surface area contributed by atoms with Gasteiger partial charge in [-0.15, -0.1) is 13.2 Å². The number of hydrogen-bond donors (Lipinski definition) is 1. The number of ether oxygens (including phenoxy) is 1. The molecule has 0 atom stereocenters. The van der Waals surface area contributed by atoms with Crippen LogP contribution in [0.25, 0.3) is 0 Å². The van der Waals surface area contributed by atoms with Crippen molar-refractivity contribution in [2.75, 3.05) is 31.1 Å². The molecule has 3 rings (SSSR count). The minimum Gasteiger partial charge on any atom is -0.481 e. The second-order valence-electron chi connectivity index (χ2n) is 6.80. The zero-order valence-electron chi connectivity index (χ0n) is 16.0. The van der Waals surface area contributed by atoms with E-state index in [4.69, 9.17) is 5.11 Å². The highest BCUT2D eigenvalue weighted by atomic mass is 79.9. The molecule has 12 heteroatoms. The Morgan fingerprint density at radius 1 is 1.06 bits per heavy atom. The summed E-state index contributed by atoms with van der Waals surface area (Å²) in [4.78, 5) is 12.8. The Balaban J connectivity index is 1.69. The van der Waals surface area contributed by atoms with E-state index in [1.807, 2.05) is 4.90 Å². The molecule has 0 unspecified atom stereocenters. The van der Waals surface area contributed by atoms with Crippen LogP contribution in [0.15, 0.2) is 51.8 Å². The summed E-state index contributed by atoms with van der Waals surface area (Å²) >= 11 is 3.22. The van der Waals surface area contributed by atoms with Crippen LogP contribution in [0.4, 0.5) is 18.9 Å². The topological polar surface area (TPSA) is 87.1 Å². The van der Waals surface area contributed by atoms with Crippen LogP contribution in [0, 0.1) is 0 Å². The third-order valence-corrected chi connectivity index (χ3v) is 6.93. The molecule has 0 spiro atoms. The lowest BCUT2D eigenvalue weighted by Gasteiger charge is -2.35. The van der Waals surface area contributed by atoms with Crippen LogP contribution in [-0.2, 0) is 21.2 Å². The van der Waals surface area contributed by atoms with Gasteiger partial charge in [0.15, 0.2) is 0 Å². The number of piperazine rings is 1. The van der Waals surface area contributed by atoms with Crippen molar-refractivity contribution in [3.05, 3.63) is 52.5 Å². The number of rotatable bonds is 6. The normalized spacial score (nSPS) is 15.7. The number of carboxylic acid groups (broad SMARTS) is 1. The minimum absolute atomic E-state index is 0.000211. The van der Waals surface area contributed by atoms with Crippen molar-refractivity contribution in [1.29, 1.82) is 0 Å². The lowest BCUT2D eigenvalue weighted by Crippen LogP contribution is -2.48. The summed E-state index contributed by atoms with van der Waals surface area (Å²) in [5.74, 6) is -1.40. The van der Waals surface area contributed by atoms with E-state index in [-0.39, 0.29) is 30.2 Å². The number of anilines is 1. The second-order valence-corrected chi connectivity index (χ2v) is 9.65. The predicted molar refractivity (Wildman–Crippen MR) is 110 cm³/mol. The third kappa shape index (κ3) is 6.11. The molecule has 0 saturated carbocycles. The monoisotopic (exact) mass is 522 g/mol. The standard InChI is InChI=1S/C19H18BrF3N2O5S/c20-14-9-13(11-18(26)27)10-17(12-14)31(28,29)25-7-5-24(6-8-25)15-1-3-16(4-2-15)30-19(21,22)23/h1-4,9-10,12H,5-8,11H2,(H,26,27). The van der Waals surface area contributed by atoms with Gasteiger partial charge in [-0.2, -0.15) is 4.31 Å². The Hall–Kier alpha value is -2.31. The Morgan fingerprint density at radius 3 is 2.23 bits per heavy atom. The maximum atomic E-state index is 13.0. The van der Waals surface area contributed by atoms with Crippen molar-refractivity contribution >= 4 is 37.6 Å². The van der Waals surface area contributed by atoms with Gasteiger partial charge >= 0.3 is 12.3 Å². The smallest absolute Gasteiger partial charge is 0.481 e. The van der Waals surface area contributed by atoms with Gasteiger partial charge in [0.1, 0.15) is 5.75 Å². The molecule has 0 aromatic heterocycles. The Labute approximate surface area is 185 Å². The number of halogens is 4. The fourth-order valence-electron chi connectivity index (χ4n) is 3.24. The minimum atomic E-state index is -4.77. The Kier molecular flexibility index (Phi) is 6.82. The lowest BCUT2D eigenvalue weighted by atomic mass is 10.2. The highest BCUT2D eigenvalue weighted by Gasteiger charge is 2.32. The summed E-state index contributed by atoms with van der Waals surface area (Å²) in [6.45, 7) is 1.03. The summed E-state index contributed by atoms with van der Waals surface area (Å²) in [6.07, 6.45) is -5.07. The third-order valence-electron chi connectivity index (χ3n) is 4.60. The molecular weight excluding hydrogens is 505 g/mol. The maximum absolute atomic E-state index is 13.0. The summed E-state index contributed by atoms with van der Waals surface area (Å²) in [6, 6.07) is 9.70. The first-order valence-electron chi connectivity index (χ1n) is 9.06. The first-order chi connectivity index (χ1) is 14.4. The number of aliphatic carboxylic acids is 1. The first-order valence-corrected chi connectivity index (χ1v) is 11.3. The van der Waals surface area contributed by atoms with Crippen LogP contribution in [-0.4, -0.2) is 56.3 Å². The molecular formula is C19H18BrF3N2O5S. The molecule has 0 amide bonds. The summed E-state index contributed by atoms with van der Waals surface area (Å²) in [7, 11) is -3.84. The molecule has 1 saturated heterocycles. The fourth-order valence-corrected chi connectivity index (χ4v) is 5.45. The molecule has 2 aromatic rings. The fraction of sp³-hybridized carbons (Fsp3) is 0.316. The zero-order chi connectivity index (χ0) is 22.8. The van der Waals surface area contributed by atoms with Crippen molar-refractivity contribution in [1.82, 2.24) is 4.31 Å². The molecule has 0 aliphatic carbocycles. The highest BCUT2D eigenvalue weighted by Crippen LogP contribution is 2.28. The van der Waals surface area contributed by atoms with Crippen molar-refractivity contribution in [2.24, 2.45) is 0 Å². The van der Waals surface area contributed by atoms with Crippen LogP contribution in [0.5, 0.6) is 5.75 Å². The van der Waals surface area contributed by atoms with E-state index < -0.39 is 22.4 Å². The second kappa shape index (κ2) is 9.05. The van der Waals surface area contributed by atoms with Crippen LogP contribution >= 0.6 is 15.9 Å². The predicted octanol–water partition coefficient (Wildman–Crippen LogP) is 3.49. The van der Waals surface area contributed by atoms with Crippen LogP contribution < -0.4 is 9.64 Å². The molecule has 1 heterocycles. The molecule has 168 valence electrons. The van der Waals surface area contributed by atoms with Gasteiger partial charge in [0.25, 0.3) is 0 Å². The Morgan fingerprint density at radius 2 is 1.68 bits per heavy atom. The van der Waals surface area contributed by atoms with Gasteiger partial charge in [-0.05, 0) is 48.0 Å². The van der Waals surface area contributed by atoms with Crippen molar-refractivity contribution in [3.8, 4) is 5.75 Å². The molecule has 1 aliphatic rings. The van der Waals surface area contributed by atoms with E-state index in [0.717, 1.165) is 0 Å². The number of nitrogens with zero attached hydrogens (tertiary/aromatic N) is 2. The van der Waals surface area contributed by atoms with Crippen molar-refractivity contribution in [2.45, 2.75) is 17.7 Å². The number of carbonyl (C=O) groups is 1. The number of sulfonamides is 1. The number of alkyl halides is 3. The number of benzene rings is 2. The van der Waals surface area contributed by atoms with E-state index in [0.29, 0.717) is 28.8 Å².